The van der Waals surface area contributed by atoms with Crippen molar-refractivity contribution >= 4 is 36.2 Å². The molecule has 0 saturated heterocycles. The van der Waals surface area contributed by atoms with Crippen molar-refractivity contribution in [3.8, 4) is 11.5 Å². The topological polar surface area (TPSA) is 52.6 Å². The molecule has 0 N–H and O–H groups in total. The van der Waals surface area contributed by atoms with Crippen molar-refractivity contribution in [2.75, 3.05) is 0 Å². The minimum absolute atomic E-state index is 0.234. The van der Waals surface area contributed by atoms with Gasteiger partial charge in [0, 0.05) is 5.41 Å². The maximum absolute atomic E-state index is 13.4. The van der Waals surface area contributed by atoms with Gasteiger partial charge < -0.3 is 9.47 Å². The molecular formula is C51H44O4. The summed E-state index contributed by atoms with van der Waals surface area (Å²) in [7, 11) is 0. The van der Waals surface area contributed by atoms with E-state index >= 15 is 0 Å². The molecule has 0 radical (unpaired) electrons. The Kier molecular flexibility index (Phi) is 9.67. The molecule has 0 unspecified atom stereocenters. The number of carbonyl (C=O) groups excluding carboxylic acids is 2. The van der Waals surface area contributed by atoms with E-state index < -0.39 is 0 Å². The van der Waals surface area contributed by atoms with E-state index in [9.17, 15) is 9.59 Å². The number of fused-ring (bicyclic) bond motifs is 4. The van der Waals surface area contributed by atoms with E-state index in [0.717, 1.165) is 59.1 Å². The number of esters is 2. The van der Waals surface area contributed by atoms with Gasteiger partial charge >= 0.3 is 11.9 Å². The Morgan fingerprint density at radius 2 is 0.800 bits per heavy atom. The first-order valence-corrected chi connectivity index (χ1v) is 19.1. The number of benzene rings is 6. The zero-order valence-corrected chi connectivity index (χ0v) is 31.8. The van der Waals surface area contributed by atoms with Crippen LogP contribution in [0.4, 0.5) is 0 Å². The van der Waals surface area contributed by atoms with Crippen molar-refractivity contribution in [2.24, 2.45) is 0 Å². The van der Waals surface area contributed by atoms with E-state index in [1.165, 1.54) is 33.4 Å². The summed E-state index contributed by atoms with van der Waals surface area (Å²) in [5.41, 5.74) is 14.8. The Morgan fingerprint density at radius 3 is 1.15 bits per heavy atom. The molecule has 4 nitrogen and oxygen atoms in total. The Labute approximate surface area is 323 Å². The molecule has 272 valence electrons. The Balaban J connectivity index is 0.987. The van der Waals surface area contributed by atoms with Crippen molar-refractivity contribution in [1.29, 1.82) is 0 Å². The molecule has 0 saturated carbocycles. The van der Waals surface area contributed by atoms with Gasteiger partial charge in [-0.05, 0) is 158 Å². The second kappa shape index (κ2) is 14.9. The molecule has 0 heterocycles. The van der Waals surface area contributed by atoms with Gasteiger partial charge in [-0.25, -0.2) is 9.59 Å². The number of rotatable bonds is 8. The molecular weight excluding hydrogens is 677 g/mol. The van der Waals surface area contributed by atoms with Gasteiger partial charge in [-0.2, -0.15) is 0 Å². The van der Waals surface area contributed by atoms with Crippen LogP contribution in [0.5, 0.6) is 11.5 Å². The highest BCUT2D eigenvalue weighted by Gasteiger charge is 2.46. The van der Waals surface area contributed by atoms with Crippen LogP contribution < -0.4 is 9.47 Å². The van der Waals surface area contributed by atoms with E-state index in [-0.39, 0.29) is 17.4 Å². The molecule has 6 aromatic carbocycles. The second-order valence-corrected chi connectivity index (χ2v) is 15.1. The highest BCUT2D eigenvalue weighted by Crippen LogP contribution is 2.55. The standard InChI is InChI=1S/C51H44O4/c1-33-5-9-37(10-6-33)13-15-39-17-21-41(22-18-39)49(52)54-43-29-35(3)45-25-27-51(47(45)31-43)28-26-46-36(4)30-44(32-48(46)51)55-50(53)42-23-19-40(20-24-42)16-14-38-11-7-34(2)8-12-38/h5-24,29-32H,25-28H2,1-4H3/b15-13+,16-14+. The summed E-state index contributed by atoms with van der Waals surface area (Å²) in [6.45, 7) is 8.36. The molecule has 0 fully saturated rings. The predicted octanol–water partition coefficient (Wildman–Crippen LogP) is 11.9. The van der Waals surface area contributed by atoms with Crippen LogP contribution >= 0.6 is 0 Å². The summed E-state index contributed by atoms with van der Waals surface area (Å²) in [6.07, 6.45) is 12.0. The average molecular weight is 721 g/mol. The third kappa shape index (κ3) is 7.46. The van der Waals surface area contributed by atoms with Crippen molar-refractivity contribution in [3.63, 3.8) is 0 Å². The lowest BCUT2D eigenvalue weighted by Gasteiger charge is -2.28. The van der Waals surface area contributed by atoms with E-state index in [0.29, 0.717) is 22.6 Å². The smallest absolute Gasteiger partial charge is 0.343 e. The van der Waals surface area contributed by atoms with Gasteiger partial charge in [0.05, 0.1) is 11.1 Å². The quantitative estimate of drug-likeness (QED) is 0.0892. The number of aryl methyl sites for hydroxylation is 4. The first kappa shape index (κ1) is 35.8. The van der Waals surface area contributed by atoms with Gasteiger partial charge in [0.25, 0.3) is 0 Å². The van der Waals surface area contributed by atoms with Crippen LogP contribution in [0.2, 0.25) is 0 Å². The molecule has 2 aliphatic rings. The van der Waals surface area contributed by atoms with Crippen LogP contribution in [-0.2, 0) is 18.3 Å². The fraction of sp³-hybridized carbons (Fsp3) is 0.176. The molecule has 0 atom stereocenters. The van der Waals surface area contributed by atoms with Crippen LogP contribution in [0, 0.1) is 27.7 Å². The van der Waals surface area contributed by atoms with Crippen molar-refractivity contribution in [3.05, 3.63) is 199 Å². The SMILES string of the molecule is Cc1ccc(/C=C/c2ccc(C(=O)Oc3cc(C)c4c(c3)C3(CC4)CCc4c(C)cc(OC(=O)c5ccc(/C=C/c6ccc(C)cc6)cc5)cc43)cc2)cc1. The number of carbonyl (C=O) groups is 2. The first-order chi connectivity index (χ1) is 26.6. The number of hydrogen-bond acceptors (Lipinski definition) is 4. The summed E-state index contributed by atoms with van der Waals surface area (Å²) in [6, 6.07) is 39.9. The van der Waals surface area contributed by atoms with Gasteiger partial charge in [-0.3, -0.25) is 0 Å². The summed E-state index contributed by atoms with van der Waals surface area (Å²) in [5, 5.41) is 0. The zero-order valence-electron chi connectivity index (χ0n) is 31.8. The second-order valence-electron chi connectivity index (χ2n) is 15.1. The Bertz CT molecular complexity index is 2290. The van der Waals surface area contributed by atoms with Crippen molar-refractivity contribution in [1.82, 2.24) is 0 Å². The van der Waals surface area contributed by atoms with E-state index in [1.807, 2.05) is 72.8 Å². The predicted molar refractivity (Wildman–Crippen MR) is 223 cm³/mol. The molecule has 8 rings (SSSR count). The van der Waals surface area contributed by atoms with Crippen LogP contribution in [-0.4, -0.2) is 11.9 Å². The normalized spacial score (nSPS) is 14.0. The molecule has 2 aliphatic carbocycles. The monoisotopic (exact) mass is 720 g/mol. The Hall–Kier alpha value is -6.26. The lowest BCUT2D eigenvalue weighted by atomic mass is 9.76. The molecule has 1 spiro atoms. The summed E-state index contributed by atoms with van der Waals surface area (Å²) in [4.78, 5) is 26.8. The molecule has 4 heteroatoms. The zero-order chi connectivity index (χ0) is 38.1. The molecule has 55 heavy (non-hydrogen) atoms. The van der Waals surface area contributed by atoms with Gasteiger partial charge in [-0.1, -0.05) is 108 Å². The third-order valence-corrected chi connectivity index (χ3v) is 11.3. The van der Waals surface area contributed by atoms with Crippen LogP contribution in [0.25, 0.3) is 24.3 Å². The maximum Gasteiger partial charge on any atom is 0.343 e. The lowest BCUT2D eigenvalue weighted by Crippen LogP contribution is -2.22. The van der Waals surface area contributed by atoms with Gasteiger partial charge in [-0.15, -0.1) is 0 Å². The van der Waals surface area contributed by atoms with Gasteiger partial charge in [0.15, 0.2) is 0 Å². The van der Waals surface area contributed by atoms with E-state index in [2.05, 4.69) is 101 Å². The maximum atomic E-state index is 13.4. The summed E-state index contributed by atoms with van der Waals surface area (Å²) in [5.74, 6) is 0.340. The van der Waals surface area contributed by atoms with E-state index in [4.69, 9.17) is 9.47 Å². The highest BCUT2D eigenvalue weighted by atomic mass is 16.5. The van der Waals surface area contributed by atoms with Crippen LogP contribution in [0.15, 0.2) is 121 Å². The van der Waals surface area contributed by atoms with Gasteiger partial charge in [0.1, 0.15) is 11.5 Å². The van der Waals surface area contributed by atoms with Crippen molar-refractivity contribution in [2.45, 2.75) is 58.8 Å². The molecule has 0 bridgehead atoms. The number of ether oxygens (including phenoxy) is 2. The lowest BCUT2D eigenvalue weighted by molar-refractivity contribution is 0.0725. The minimum atomic E-state index is -0.382. The Morgan fingerprint density at radius 1 is 0.473 bits per heavy atom. The highest BCUT2D eigenvalue weighted by molar-refractivity contribution is 5.92. The van der Waals surface area contributed by atoms with Crippen molar-refractivity contribution < 1.29 is 19.1 Å². The summed E-state index contributed by atoms with van der Waals surface area (Å²) < 4.78 is 12.1. The number of hydrogen-bond donors (Lipinski definition) is 0. The van der Waals surface area contributed by atoms with Crippen LogP contribution in [0.3, 0.4) is 0 Å². The summed E-state index contributed by atoms with van der Waals surface area (Å²) >= 11 is 0. The molecule has 6 aromatic rings. The average Bonchev–Trinajstić information content (AvgIpc) is 3.76. The van der Waals surface area contributed by atoms with Gasteiger partial charge in [0.2, 0.25) is 0 Å². The largest absolute Gasteiger partial charge is 0.423 e. The first-order valence-electron chi connectivity index (χ1n) is 19.1. The van der Waals surface area contributed by atoms with E-state index in [1.54, 1.807) is 0 Å². The molecule has 0 aromatic heterocycles. The third-order valence-electron chi connectivity index (χ3n) is 11.3. The molecule has 0 amide bonds. The molecule has 0 aliphatic heterocycles. The minimum Gasteiger partial charge on any atom is -0.423 e. The van der Waals surface area contributed by atoms with Crippen LogP contribution in [0.1, 0.15) is 100 Å². The fourth-order valence-corrected chi connectivity index (χ4v) is 8.22. The fourth-order valence-electron chi connectivity index (χ4n) is 8.22.